The van der Waals surface area contributed by atoms with E-state index in [0.29, 0.717) is 39.5 Å². The molecule has 0 saturated carbocycles. The van der Waals surface area contributed by atoms with E-state index in [1.54, 1.807) is 42.6 Å². The van der Waals surface area contributed by atoms with Gasteiger partial charge in [-0.15, -0.1) is 11.3 Å². The van der Waals surface area contributed by atoms with Crippen LogP contribution in [0.1, 0.15) is 19.4 Å². The van der Waals surface area contributed by atoms with Crippen LogP contribution < -0.4 is 5.43 Å². The Morgan fingerprint density at radius 2 is 1.94 bits per heavy atom. The first-order valence-corrected chi connectivity index (χ1v) is 13.3. The first kappa shape index (κ1) is 24.1. The van der Waals surface area contributed by atoms with Gasteiger partial charge < -0.3 is 4.74 Å². The van der Waals surface area contributed by atoms with Crippen molar-refractivity contribution in [2.75, 3.05) is 18.5 Å². The molecule has 4 rings (SSSR count). The second kappa shape index (κ2) is 10.1. The summed E-state index contributed by atoms with van der Waals surface area (Å²) in [6.45, 7) is 4.41. The molecule has 1 fully saturated rings. The molecule has 2 atom stereocenters. The first-order chi connectivity index (χ1) is 15.7. The van der Waals surface area contributed by atoms with Crippen molar-refractivity contribution < 1.29 is 13.2 Å². The molecule has 0 amide bonds. The summed E-state index contributed by atoms with van der Waals surface area (Å²) in [6, 6.07) is 12.0. The number of hydrazone groups is 1. The van der Waals surface area contributed by atoms with Gasteiger partial charge in [-0.25, -0.2) is 13.4 Å². The Bertz CT molecular complexity index is 1270. The molecule has 11 heteroatoms. The number of aromatic nitrogens is 1. The lowest BCUT2D eigenvalue weighted by Crippen LogP contribution is -2.48. The molecule has 2 aromatic carbocycles. The highest BCUT2D eigenvalue weighted by molar-refractivity contribution is 7.89. The number of hydrogen-bond donors (Lipinski definition) is 1. The Hall–Kier alpha value is -2.01. The standard InChI is InChI=1S/C22H22Cl2N4O3S2/c1-14-11-28(12-15(2)31-14)33(29,30)19-5-3-4-16(8-19)21-13-32-22(26-21)27-25-10-17-6-7-18(23)9-20(17)24/h3-10,13-15H,11-12H2,1-2H3,(H,26,27)/b25-10-. The summed E-state index contributed by atoms with van der Waals surface area (Å²) in [7, 11) is -3.64. The molecule has 0 radical (unpaired) electrons. The molecule has 2 heterocycles. The van der Waals surface area contributed by atoms with E-state index in [0.717, 1.165) is 5.56 Å². The van der Waals surface area contributed by atoms with E-state index in [1.807, 2.05) is 25.3 Å². The van der Waals surface area contributed by atoms with Gasteiger partial charge in [-0.05, 0) is 38.1 Å². The first-order valence-electron chi connectivity index (χ1n) is 10.2. The Morgan fingerprint density at radius 1 is 1.18 bits per heavy atom. The van der Waals surface area contributed by atoms with Crippen molar-refractivity contribution in [2.24, 2.45) is 5.10 Å². The van der Waals surface area contributed by atoms with Crippen molar-refractivity contribution in [3.8, 4) is 11.3 Å². The summed E-state index contributed by atoms with van der Waals surface area (Å²) in [5.41, 5.74) is 4.96. The third kappa shape index (κ3) is 5.74. The minimum absolute atomic E-state index is 0.151. The highest BCUT2D eigenvalue weighted by Crippen LogP contribution is 2.29. The van der Waals surface area contributed by atoms with Crippen LogP contribution in [0.3, 0.4) is 0 Å². The normalized spacial score (nSPS) is 19.8. The average molecular weight is 525 g/mol. The van der Waals surface area contributed by atoms with E-state index in [1.165, 1.54) is 15.6 Å². The molecule has 1 N–H and O–H groups in total. The number of morpholine rings is 1. The maximum atomic E-state index is 13.2. The fourth-order valence-corrected chi connectivity index (χ4v) is 6.28. The molecule has 1 aliphatic heterocycles. The van der Waals surface area contributed by atoms with Crippen LogP contribution in [0.2, 0.25) is 10.0 Å². The van der Waals surface area contributed by atoms with Gasteiger partial charge in [0.1, 0.15) is 0 Å². The maximum Gasteiger partial charge on any atom is 0.243 e. The Balaban J connectivity index is 1.49. The van der Waals surface area contributed by atoms with Crippen molar-refractivity contribution in [3.05, 3.63) is 63.5 Å². The van der Waals surface area contributed by atoms with E-state index >= 15 is 0 Å². The van der Waals surface area contributed by atoms with Gasteiger partial charge >= 0.3 is 0 Å². The number of sulfonamides is 1. The highest BCUT2D eigenvalue weighted by atomic mass is 35.5. The zero-order valence-electron chi connectivity index (χ0n) is 17.9. The van der Waals surface area contributed by atoms with Crippen LogP contribution in [0.4, 0.5) is 5.13 Å². The second-order valence-corrected chi connectivity index (χ2v) is 11.3. The fraction of sp³-hybridized carbons (Fsp3) is 0.273. The van der Waals surface area contributed by atoms with Crippen LogP contribution in [-0.2, 0) is 14.8 Å². The van der Waals surface area contributed by atoms with Crippen LogP contribution in [-0.4, -0.2) is 49.2 Å². The summed E-state index contributed by atoms with van der Waals surface area (Å²) >= 11 is 13.4. The van der Waals surface area contributed by atoms with E-state index in [9.17, 15) is 8.42 Å². The molecule has 33 heavy (non-hydrogen) atoms. The summed E-state index contributed by atoms with van der Waals surface area (Å²) in [4.78, 5) is 4.75. The molecular weight excluding hydrogens is 503 g/mol. The monoisotopic (exact) mass is 524 g/mol. The van der Waals surface area contributed by atoms with Crippen molar-refractivity contribution in [1.29, 1.82) is 0 Å². The van der Waals surface area contributed by atoms with E-state index < -0.39 is 10.0 Å². The molecule has 0 bridgehead atoms. The molecular formula is C22H22Cl2N4O3S2. The number of halogens is 2. The quantitative estimate of drug-likeness (QED) is 0.346. The van der Waals surface area contributed by atoms with Gasteiger partial charge in [0.05, 0.1) is 34.0 Å². The Morgan fingerprint density at radius 3 is 2.67 bits per heavy atom. The fourth-order valence-electron chi connectivity index (χ4n) is 3.51. The SMILES string of the molecule is CC1CN(S(=O)(=O)c2cccc(-c3csc(N/N=C\c4ccc(Cl)cc4Cl)n3)c2)CC(C)O1. The second-order valence-electron chi connectivity index (χ2n) is 7.68. The van der Waals surface area contributed by atoms with Crippen LogP contribution >= 0.6 is 34.5 Å². The lowest BCUT2D eigenvalue weighted by molar-refractivity contribution is -0.0440. The number of hydrogen-bond acceptors (Lipinski definition) is 7. The van der Waals surface area contributed by atoms with Gasteiger partial charge in [-0.3, -0.25) is 5.43 Å². The van der Waals surface area contributed by atoms with Gasteiger partial charge in [-0.1, -0.05) is 41.4 Å². The lowest BCUT2D eigenvalue weighted by Gasteiger charge is -2.34. The average Bonchev–Trinajstić information content (AvgIpc) is 3.24. The van der Waals surface area contributed by atoms with Crippen molar-refractivity contribution in [3.63, 3.8) is 0 Å². The molecule has 1 aromatic heterocycles. The molecule has 7 nitrogen and oxygen atoms in total. The smallest absolute Gasteiger partial charge is 0.243 e. The zero-order chi connectivity index (χ0) is 23.6. The van der Waals surface area contributed by atoms with Gasteiger partial charge in [0.2, 0.25) is 15.2 Å². The summed E-state index contributed by atoms with van der Waals surface area (Å²) in [5, 5.41) is 7.63. The number of benzene rings is 2. The van der Waals surface area contributed by atoms with E-state index in [4.69, 9.17) is 27.9 Å². The summed E-state index contributed by atoms with van der Waals surface area (Å²) in [6.07, 6.45) is 1.28. The molecule has 1 aliphatic rings. The van der Waals surface area contributed by atoms with Crippen molar-refractivity contribution in [1.82, 2.24) is 9.29 Å². The summed E-state index contributed by atoms with van der Waals surface area (Å²) in [5.74, 6) is 0. The van der Waals surface area contributed by atoms with Crippen molar-refractivity contribution in [2.45, 2.75) is 31.0 Å². The Kier molecular flexibility index (Phi) is 7.37. The largest absolute Gasteiger partial charge is 0.373 e. The number of nitrogens with one attached hydrogen (secondary N) is 1. The number of nitrogens with zero attached hydrogens (tertiary/aromatic N) is 3. The summed E-state index contributed by atoms with van der Waals surface area (Å²) < 4.78 is 33.5. The van der Waals surface area contributed by atoms with Crippen LogP contribution in [0, 0.1) is 0 Å². The van der Waals surface area contributed by atoms with Crippen LogP contribution in [0.25, 0.3) is 11.3 Å². The number of rotatable bonds is 6. The third-order valence-electron chi connectivity index (χ3n) is 4.98. The minimum atomic E-state index is -3.64. The number of ether oxygens (including phenoxy) is 1. The van der Waals surface area contributed by atoms with Crippen LogP contribution in [0.15, 0.2) is 57.8 Å². The van der Waals surface area contributed by atoms with Gasteiger partial charge in [0, 0.05) is 34.6 Å². The van der Waals surface area contributed by atoms with E-state index in [-0.39, 0.29) is 17.1 Å². The molecule has 2 unspecified atom stereocenters. The van der Waals surface area contributed by atoms with Gasteiger partial charge in [0.25, 0.3) is 0 Å². The molecule has 174 valence electrons. The van der Waals surface area contributed by atoms with Crippen molar-refractivity contribution >= 4 is 55.9 Å². The lowest BCUT2D eigenvalue weighted by atomic mass is 10.2. The Labute approximate surface area is 207 Å². The minimum Gasteiger partial charge on any atom is -0.373 e. The third-order valence-corrected chi connectivity index (χ3v) is 8.12. The molecule has 1 saturated heterocycles. The van der Waals surface area contributed by atoms with E-state index in [2.05, 4.69) is 15.5 Å². The molecule has 0 spiro atoms. The van der Waals surface area contributed by atoms with Gasteiger partial charge in [0.15, 0.2) is 0 Å². The van der Waals surface area contributed by atoms with Gasteiger partial charge in [-0.2, -0.15) is 9.41 Å². The number of thiazole rings is 1. The zero-order valence-corrected chi connectivity index (χ0v) is 21.0. The number of anilines is 1. The topological polar surface area (TPSA) is 83.9 Å². The highest BCUT2D eigenvalue weighted by Gasteiger charge is 2.32. The predicted octanol–water partition coefficient (Wildman–Crippen LogP) is 5.36. The molecule has 0 aliphatic carbocycles. The maximum absolute atomic E-state index is 13.2. The molecule has 3 aromatic rings. The predicted molar refractivity (Wildman–Crippen MR) is 134 cm³/mol. The van der Waals surface area contributed by atoms with Crippen LogP contribution in [0.5, 0.6) is 0 Å².